The molecule has 0 heterocycles. The lowest BCUT2D eigenvalue weighted by Gasteiger charge is -2.33. The minimum absolute atomic E-state index is 0. The number of hydrogen-bond donors (Lipinski definition) is 1. The van der Waals surface area contributed by atoms with Gasteiger partial charge in [0.15, 0.2) is 0 Å². The van der Waals surface area contributed by atoms with E-state index in [1.54, 1.807) is 33.4 Å². The number of unbranched alkanes of at least 4 members (excludes halogenated alkanes) is 22. The summed E-state index contributed by atoms with van der Waals surface area (Å²) in [4.78, 5) is 0. The Morgan fingerprint density at radius 2 is 0.962 bits per heavy atom. The van der Waals surface area contributed by atoms with Crippen LogP contribution in [0.15, 0.2) is 42.0 Å². The van der Waals surface area contributed by atoms with Gasteiger partial charge < -0.3 is 5.73 Å². The number of nitrogens with two attached hydrogens (primary N) is 1. The van der Waals surface area contributed by atoms with E-state index in [1.807, 2.05) is 20.8 Å². The van der Waals surface area contributed by atoms with E-state index in [1.165, 1.54) is 173 Å². The van der Waals surface area contributed by atoms with E-state index in [0.29, 0.717) is 5.54 Å². The molecule has 4 rings (SSSR count). The molecule has 2 aliphatic rings. The second-order valence-electron chi connectivity index (χ2n) is 18.9. The SMILES string of the molecule is CC(C)(C)N.CCCCCCCCCCCCCCC1(CCCCCCCCCCCCCC)c2ccccc2-c2cc3c(cc21)C([SiH](C)C)C(C)=C3. The molecular formula is C51H87NSi. The fraction of sp³-hybridized carbons (Fsp3) is 0.725. The summed E-state index contributed by atoms with van der Waals surface area (Å²) in [7, 11) is -0.835. The van der Waals surface area contributed by atoms with Crippen LogP contribution in [0.1, 0.15) is 236 Å². The molecule has 0 spiro atoms. The van der Waals surface area contributed by atoms with E-state index in [-0.39, 0.29) is 11.0 Å². The van der Waals surface area contributed by atoms with E-state index in [9.17, 15) is 0 Å². The van der Waals surface area contributed by atoms with Gasteiger partial charge in [0, 0.05) is 19.8 Å². The summed E-state index contributed by atoms with van der Waals surface area (Å²) < 4.78 is 0. The van der Waals surface area contributed by atoms with Gasteiger partial charge in [0.05, 0.1) is 0 Å². The van der Waals surface area contributed by atoms with Gasteiger partial charge in [0.2, 0.25) is 0 Å². The summed E-state index contributed by atoms with van der Waals surface area (Å²) in [5, 5.41) is 0. The summed E-state index contributed by atoms with van der Waals surface area (Å²) in [5.41, 5.74) is 17.6. The zero-order valence-electron chi connectivity index (χ0n) is 36.7. The third-order valence-electron chi connectivity index (χ3n) is 12.3. The van der Waals surface area contributed by atoms with Crippen molar-refractivity contribution in [2.24, 2.45) is 5.73 Å². The van der Waals surface area contributed by atoms with Crippen LogP contribution < -0.4 is 5.73 Å². The van der Waals surface area contributed by atoms with E-state index in [2.05, 4.69) is 76.3 Å². The van der Waals surface area contributed by atoms with Crippen LogP contribution in [0.4, 0.5) is 0 Å². The molecule has 0 saturated carbocycles. The summed E-state index contributed by atoms with van der Waals surface area (Å²) in [5.74, 6) is 0. The highest BCUT2D eigenvalue weighted by atomic mass is 28.3. The molecule has 2 aromatic rings. The third-order valence-corrected chi connectivity index (χ3v) is 14.5. The first-order valence-corrected chi connectivity index (χ1v) is 26.3. The van der Waals surface area contributed by atoms with Crippen LogP contribution in [0.3, 0.4) is 0 Å². The first-order chi connectivity index (χ1) is 25.5. The molecule has 2 N–H and O–H groups in total. The normalized spacial score (nSPS) is 15.6. The highest BCUT2D eigenvalue weighted by Gasteiger charge is 2.43. The van der Waals surface area contributed by atoms with Crippen molar-refractivity contribution in [3.05, 3.63) is 64.2 Å². The Morgan fingerprint density at radius 1 is 0.566 bits per heavy atom. The maximum Gasteiger partial charge on any atom is 0.0439 e. The molecule has 0 saturated heterocycles. The molecular weight excluding hydrogens is 655 g/mol. The zero-order chi connectivity index (χ0) is 38.5. The van der Waals surface area contributed by atoms with Gasteiger partial charge in [-0.1, -0.05) is 223 Å². The Bertz CT molecular complexity index is 1280. The Kier molecular flexibility index (Phi) is 21.4. The molecule has 0 bridgehead atoms. The van der Waals surface area contributed by atoms with Gasteiger partial charge in [0.25, 0.3) is 0 Å². The largest absolute Gasteiger partial charge is 0.326 e. The second-order valence-corrected chi connectivity index (χ2v) is 22.1. The molecule has 53 heavy (non-hydrogen) atoms. The van der Waals surface area contributed by atoms with Crippen molar-refractivity contribution in [2.75, 3.05) is 0 Å². The standard InChI is InChI=1S/C47H76Si.C4H11N/c1-6-8-10-12-14-16-18-20-22-24-26-30-34-47(35-31-27-25-23-21-19-17-15-13-11-9-7-2)44-33-29-28-32-41(44)43-37-40-36-39(3)46(48(4)5)42(40)38-45(43)47;1-4(2,3)5/h28-29,32-33,36-38,46,48H,6-27,30-31,34-35H2,1-5H3;5H2,1-3H3. The monoisotopic (exact) mass is 742 g/mol. The van der Waals surface area contributed by atoms with Gasteiger partial charge in [0.1, 0.15) is 0 Å². The summed E-state index contributed by atoms with van der Waals surface area (Å²) in [6.45, 7) is 18.1. The van der Waals surface area contributed by atoms with Crippen molar-refractivity contribution in [3.8, 4) is 11.1 Å². The molecule has 2 aromatic carbocycles. The second kappa shape index (κ2) is 24.8. The van der Waals surface area contributed by atoms with Gasteiger partial charge in [-0.2, -0.15) is 0 Å². The summed E-state index contributed by atoms with van der Waals surface area (Å²) in [6, 6.07) is 15.0. The summed E-state index contributed by atoms with van der Waals surface area (Å²) in [6.07, 6.45) is 39.5. The third kappa shape index (κ3) is 15.4. The quantitative estimate of drug-likeness (QED) is 0.0716. The van der Waals surface area contributed by atoms with Crippen LogP contribution in [-0.4, -0.2) is 14.3 Å². The molecule has 2 heteroatoms. The maximum atomic E-state index is 5.35. The highest BCUT2D eigenvalue weighted by molar-refractivity contribution is 6.58. The van der Waals surface area contributed by atoms with E-state index < -0.39 is 8.80 Å². The van der Waals surface area contributed by atoms with Crippen molar-refractivity contribution in [1.82, 2.24) is 0 Å². The van der Waals surface area contributed by atoms with Crippen LogP contribution in [0, 0.1) is 0 Å². The van der Waals surface area contributed by atoms with Crippen molar-refractivity contribution < 1.29 is 0 Å². The molecule has 0 aromatic heterocycles. The predicted molar refractivity (Wildman–Crippen MR) is 243 cm³/mol. The van der Waals surface area contributed by atoms with Crippen LogP contribution >= 0.6 is 0 Å². The predicted octanol–water partition coefficient (Wildman–Crippen LogP) is 16.4. The topological polar surface area (TPSA) is 26.0 Å². The molecule has 300 valence electrons. The number of benzene rings is 2. The number of allylic oxidation sites excluding steroid dienone is 1. The molecule has 1 nitrogen and oxygen atoms in total. The molecule has 2 aliphatic carbocycles. The minimum atomic E-state index is -0.835. The van der Waals surface area contributed by atoms with Gasteiger partial charge >= 0.3 is 0 Å². The average molecular weight is 742 g/mol. The van der Waals surface area contributed by atoms with Gasteiger partial charge in [-0.3, -0.25) is 0 Å². The lowest BCUT2D eigenvalue weighted by Crippen LogP contribution is -2.26. The van der Waals surface area contributed by atoms with Crippen molar-refractivity contribution in [3.63, 3.8) is 0 Å². The van der Waals surface area contributed by atoms with Gasteiger partial charge in [-0.05, 0) is 85.5 Å². The number of hydrogen-bond acceptors (Lipinski definition) is 1. The van der Waals surface area contributed by atoms with Crippen molar-refractivity contribution >= 4 is 14.9 Å². The van der Waals surface area contributed by atoms with Crippen LogP contribution in [0.2, 0.25) is 13.1 Å². The Morgan fingerprint density at radius 3 is 1.38 bits per heavy atom. The average Bonchev–Trinajstić information content (AvgIpc) is 3.58. The van der Waals surface area contributed by atoms with Gasteiger partial charge in [-0.25, -0.2) is 0 Å². The zero-order valence-corrected chi connectivity index (χ0v) is 37.8. The lowest BCUT2D eigenvalue weighted by atomic mass is 9.70. The lowest BCUT2D eigenvalue weighted by molar-refractivity contribution is 0.396. The van der Waals surface area contributed by atoms with Crippen molar-refractivity contribution in [1.29, 1.82) is 0 Å². The highest BCUT2D eigenvalue weighted by Crippen LogP contribution is 2.56. The first kappa shape index (κ1) is 45.7. The van der Waals surface area contributed by atoms with Crippen LogP contribution in [-0.2, 0) is 5.41 Å². The molecule has 0 fully saturated rings. The van der Waals surface area contributed by atoms with E-state index in [4.69, 9.17) is 5.73 Å². The smallest absolute Gasteiger partial charge is 0.0439 e. The first-order valence-electron chi connectivity index (χ1n) is 23.3. The van der Waals surface area contributed by atoms with Crippen LogP contribution in [0.5, 0.6) is 0 Å². The Labute approximate surface area is 332 Å². The Hall–Kier alpha value is -1.64. The molecule has 1 unspecified atom stereocenters. The maximum absolute atomic E-state index is 5.35. The molecule has 0 aliphatic heterocycles. The fourth-order valence-electron chi connectivity index (χ4n) is 9.59. The number of rotatable bonds is 27. The molecule has 1 atom stereocenters. The summed E-state index contributed by atoms with van der Waals surface area (Å²) >= 11 is 0. The van der Waals surface area contributed by atoms with Gasteiger partial charge in [-0.15, -0.1) is 0 Å². The molecule has 0 amide bonds. The van der Waals surface area contributed by atoms with E-state index >= 15 is 0 Å². The number of fused-ring (bicyclic) bond motifs is 4. The van der Waals surface area contributed by atoms with Crippen molar-refractivity contribution in [2.45, 2.75) is 238 Å². The minimum Gasteiger partial charge on any atom is -0.326 e. The fourth-order valence-corrected chi connectivity index (χ4v) is 11.7. The van der Waals surface area contributed by atoms with Crippen LogP contribution in [0.25, 0.3) is 17.2 Å². The van der Waals surface area contributed by atoms with E-state index in [0.717, 1.165) is 0 Å². The molecule has 0 radical (unpaired) electrons. The Balaban J connectivity index is 0.00000141.